The third kappa shape index (κ3) is 4.60. The van der Waals surface area contributed by atoms with Crippen LogP contribution in [0.3, 0.4) is 0 Å². The molecule has 1 aliphatic heterocycles. The van der Waals surface area contributed by atoms with Crippen LogP contribution in [-0.4, -0.2) is 48.6 Å². The highest BCUT2D eigenvalue weighted by atomic mass is 32.1. The molecule has 1 saturated heterocycles. The van der Waals surface area contributed by atoms with Crippen LogP contribution in [0.25, 0.3) is 0 Å². The molecule has 0 aliphatic carbocycles. The van der Waals surface area contributed by atoms with Crippen molar-refractivity contribution in [2.24, 2.45) is 10.7 Å². The highest BCUT2D eigenvalue weighted by Crippen LogP contribution is 2.23. The zero-order valence-corrected chi connectivity index (χ0v) is 15.3. The molecule has 0 unspecified atom stereocenters. The number of thiazole rings is 1. The van der Waals surface area contributed by atoms with Gasteiger partial charge in [0.2, 0.25) is 0 Å². The van der Waals surface area contributed by atoms with Gasteiger partial charge in [0.15, 0.2) is 11.1 Å². The number of benzene rings is 1. The molecule has 0 spiro atoms. The Morgan fingerprint density at radius 1 is 1.35 bits per heavy atom. The smallest absolute Gasteiger partial charge is 0.387 e. The number of nitrogens with two attached hydrogens (primary N) is 1. The maximum Gasteiger partial charge on any atom is 0.387 e. The van der Waals surface area contributed by atoms with Crippen LogP contribution in [0.5, 0.6) is 5.75 Å². The van der Waals surface area contributed by atoms with Gasteiger partial charge in [0, 0.05) is 43.3 Å². The van der Waals surface area contributed by atoms with Gasteiger partial charge in [-0.15, -0.1) is 11.3 Å². The van der Waals surface area contributed by atoms with E-state index in [1.54, 1.807) is 29.7 Å². The van der Waals surface area contributed by atoms with Crippen LogP contribution in [0.4, 0.5) is 13.9 Å². The molecule has 2 N–H and O–H groups in total. The van der Waals surface area contributed by atoms with Crippen molar-refractivity contribution in [2.75, 3.05) is 31.1 Å². The minimum atomic E-state index is -2.86. The molecule has 2 heterocycles. The molecule has 3 rings (SSSR count). The van der Waals surface area contributed by atoms with Gasteiger partial charge in [-0.25, -0.2) is 9.98 Å². The molecule has 2 aromatic rings. The maximum absolute atomic E-state index is 12.5. The van der Waals surface area contributed by atoms with Crippen LogP contribution in [0, 0.1) is 6.92 Å². The lowest BCUT2D eigenvalue weighted by Gasteiger charge is -2.35. The molecule has 1 aromatic carbocycles. The van der Waals surface area contributed by atoms with Gasteiger partial charge in [0.05, 0.1) is 6.54 Å². The number of piperazine rings is 1. The molecule has 1 aliphatic rings. The number of aryl methyl sites for hydroxylation is 1. The molecular weight excluding hydrogens is 360 g/mol. The number of halogens is 2. The molecule has 0 saturated carbocycles. The first-order chi connectivity index (χ1) is 12.5. The fourth-order valence-electron chi connectivity index (χ4n) is 2.81. The Morgan fingerprint density at radius 2 is 2.12 bits per heavy atom. The average molecular weight is 381 g/mol. The fourth-order valence-corrected chi connectivity index (χ4v) is 3.50. The zero-order chi connectivity index (χ0) is 18.5. The zero-order valence-electron chi connectivity index (χ0n) is 14.4. The van der Waals surface area contributed by atoms with Crippen molar-refractivity contribution in [3.05, 3.63) is 40.9 Å². The number of ether oxygens (including phenoxy) is 1. The summed E-state index contributed by atoms with van der Waals surface area (Å²) in [4.78, 5) is 12.9. The number of aromatic nitrogens is 1. The van der Waals surface area contributed by atoms with Crippen molar-refractivity contribution in [2.45, 2.75) is 20.1 Å². The summed E-state index contributed by atoms with van der Waals surface area (Å²) in [6.45, 7) is 2.33. The van der Waals surface area contributed by atoms with Crippen molar-refractivity contribution in [1.29, 1.82) is 0 Å². The van der Waals surface area contributed by atoms with Gasteiger partial charge >= 0.3 is 6.61 Å². The van der Waals surface area contributed by atoms with Crippen LogP contribution in [0.2, 0.25) is 0 Å². The van der Waals surface area contributed by atoms with Gasteiger partial charge < -0.3 is 20.3 Å². The molecule has 0 bridgehead atoms. The van der Waals surface area contributed by atoms with Crippen molar-refractivity contribution < 1.29 is 13.5 Å². The monoisotopic (exact) mass is 381 g/mol. The number of alkyl halides is 2. The Balaban J connectivity index is 1.61. The second-order valence-corrected chi connectivity index (χ2v) is 6.83. The van der Waals surface area contributed by atoms with Crippen LogP contribution in [-0.2, 0) is 6.54 Å². The molecule has 140 valence electrons. The summed E-state index contributed by atoms with van der Waals surface area (Å²) < 4.78 is 29.7. The minimum absolute atomic E-state index is 0.135. The Morgan fingerprint density at radius 3 is 2.77 bits per heavy atom. The molecule has 0 amide bonds. The molecule has 1 aromatic heterocycles. The predicted molar refractivity (Wildman–Crippen MR) is 99.0 cm³/mol. The Bertz CT molecular complexity index is 746. The highest BCUT2D eigenvalue weighted by molar-refractivity contribution is 7.13. The van der Waals surface area contributed by atoms with E-state index in [0.29, 0.717) is 11.5 Å². The molecule has 1 fully saturated rings. The van der Waals surface area contributed by atoms with Crippen LogP contribution >= 0.6 is 11.3 Å². The van der Waals surface area contributed by atoms with E-state index in [1.807, 2.05) is 17.2 Å². The third-order valence-electron chi connectivity index (χ3n) is 4.14. The predicted octanol–water partition coefficient (Wildman–Crippen LogP) is 2.69. The van der Waals surface area contributed by atoms with Crippen molar-refractivity contribution in [1.82, 2.24) is 9.88 Å². The minimum Gasteiger partial charge on any atom is -0.434 e. The van der Waals surface area contributed by atoms with Gasteiger partial charge in [0.25, 0.3) is 0 Å². The van der Waals surface area contributed by atoms with E-state index >= 15 is 0 Å². The summed E-state index contributed by atoms with van der Waals surface area (Å²) in [6, 6.07) is 5.05. The number of hydrogen-bond acceptors (Lipinski definition) is 5. The first-order valence-electron chi connectivity index (χ1n) is 8.26. The first-order valence-corrected chi connectivity index (χ1v) is 9.14. The van der Waals surface area contributed by atoms with Crippen molar-refractivity contribution in [3.63, 3.8) is 0 Å². The Kier molecular flexibility index (Phi) is 5.87. The van der Waals surface area contributed by atoms with Crippen molar-refractivity contribution >= 4 is 22.4 Å². The SMILES string of the molecule is Cc1ccc(OC(F)F)c(CN=C(N)N2CCN(c3nccs3)CC2)c1. The number of nitrogens with zero attached hydrogens (tertiary/aromatic N) is 4. The van der Waals surface area contributed by atoms with E-state index in [-0.39, 0.29) is 12.3 Å². The molecule has 0 atom stereocenters. The van der Waals surface area contributed by atoms with E-state index in [1.165, 1.54) is 6.07 Å². The standard InChI is InChI=1S/C17H21F2N5OS/c1-12-2-3-14(25-15(18)19)13(10-12)11-22-16(20)23-5-7-24(8-6-23)17-21-4-9-26-17/h2-4,9-10,15H,5-8,11H2,1H3,(H2,20,22). The van der Waals surface area contributed by atoms with Gasteiger partial charge in [-0.1, -0.05) is 17.7 Å². The Labute approximate surface area is 154 Å². The van der Waals surface area contributed by atoms with Gasteiger partial charge in [0.1, 0.15) is 5.75 Å². The summed E-state index contributed by atoms with van der Waals surface area (Å²) in [7, 11) is 0. The maximum atomic E-state index is 12.5. The summed E-state index contributed by atoms with van der Waals surface area (Å²) >= 11 is 1.61. The second kappa shape index (κ2) is 8.31. The number of hydrogen-bond donors (Lipinski definition) is 1. The molecule has 0 radical (unpaired) electrons. The largest absolute Gasteiger partial charge is 0.434 e. The van der Waals surface area contributed by atoms with Crippen molar-refractivity contribution in [3.8, 4) is 5.75 Å². The molecule has 6 nitrogen and oxygen atoms in total. The van der Waals surface area contributed by atoms with Gasteiger partial charge in [-0.3, -0.25) is 0 Å². The highest BCUT2D eigenvalue weighted by Gasteiger charge is 2.20. The summed E-state index contributed by atoms with van der Waals surface area (Å²) in [5, 5.41) is 2.96. The van der Waals surface area contributed by atoms with E-state index in [0.717, 1.165) is 36.9 Å². The topological polar surface area (TPSA) is 67.0 Å². The summed E-state index contributed by atoms with van der Waals surface area (Å²) in [5.41, 5.74) is 7.65. The molecule has 9 heteroatoms. The van der Waals surface area contributed by atoms with Gasteiger partial charge in [-0.2, -0.15) is 8.78 Å². The van der Waals surface area contributed by atoms with Crippen LogP contribution < -0.4 is 15.4 Å². The summed E-state index contributed by atoms with van der Waals surface area (Å²) in [5.74, 6) is 0.545. The number of guanidine groups is 1. The fraction of sp³-hybridized carbons (Fsp3) is 0.412. The Hall–Kier alpha value is -2.42. The average Bonchev–Trinajstić information content (AvgIpc) is 3.16. The lowest BCUT2D eigenvalue weighted by molar-refractivity contribution is -0.0504. The van der Waals surface area contributed by atoms with E-state index in [9.17, 15) is 8.78 Å². The van der Waals surface area contributed by atoms with E-state index in [2.05, 4.69) is 19.6 Å². The third-order valence-corrected chi connectivity index (χ3v) is 4.97. The molecular formula is C17H21F2N5OS. The lowest BCUT2D eigenvalue weighted by atomic mass is 10.1. The van der Waals surface area contributed by atoms with E-state index < -0.39 is 6.61 Å². The number of aliphatic imine (C=N–C) groups is 1. The van der Waals surface area contributed by atoms with E-state index in [4.69, 9.17) is 5.73 Å². The first kappa shape index (κ1) is 18.4. The number of rotatable bonds is 5. The second-order valence-electron chi connectivity index (χ2n) is 5.95. The lowest BCUT2D eigenvalue weighted by Crippen LogP contribution is -2.51. The van der Waals surface area contributed by atoms with Crippen LogP contribution in [0.1, 0.15) is 11.1 Å². The summed E-state index contributed by atoms with van der Waals surface area (Å²) in [6.07, 6.45) is 1.79. The molecule has 26 heavy (non-hydrogen) atoms. The quantitative estimate of drug-likeness (QED) is 0.637. The normalized spacial score (nSPS) is 15.6. The van der Waals surface area contributed by atoms with Crippen LogP contribution in [0.15, 0.2) is 34.8 Å². The van der Waals surface area contributed by atoms with Gasteiger partial charge in [-0.05, 0) is 13.0 Å². The number of anilines is 1.